The van der Waals surface area contributed by atoms with Crippen LogP contribution in [0.1, 0.15) is 5.56 Å². The SMILES string of the molecule is Oc1csc2cc(I)c(CCl)cc12. The third-order valence-electron chi connectivity index (χ3n) is 1.87. The van der Waals surface area contributed by atoms with Crippen molar-refractivity contribution in [1.82, 2.24) is 0 Å². The highest BCUT2D eigenvalue weighted by molar-refractivity contribution is 14.1. The van der Waals surface area contributed by atoms with E-state index in [1.165, 1.54) is 0 Å². The molecule has 2 aromatic rings. The second kappa shape index (κ2) is 3.63. The lowest BCUT2D eigenvalue weighted by atomic mass is 10.2. The Morgan fingerprint density at radius 1 is 1.46 bits per heavy atom. The van der Waals surface area contributed by atoms with Gasteiger partial charge in [-0.25, -0.2) is 0 Å². The molecule has 0 saturated carbocycles. The van der Waals surface area contributed by atoms with Crippen LogP contribution in [0, 0.1) is 3.57 Å². The normalized spacial score (nSPS) is 10.9. The number of benzene rings is 1. The highest BCUT2D eigenvalue weighted by atomic mass is 127. The number of halogens is 2. The molecule has 0 unspecified atom stereocenters. The van der Waals surface area contributed by atoms with Crippen LogP contribution < -0.4 is 0 Å². The molecule has 0 aliphatic carbocycles. The summed E-state index contributed by atoms with van der Waals surface area (Å²) in [5.41, 5.74) is 1.07. The summed E-state index contributed by atoms with van der Waals surface area (Å²) in [6.07, 6.45) is 0. The molecule has 0 saturated heterocycles. The van der Waals surface area contributed by atoms with Crippen molar-refractivity contribution in [2.24, 2.45) is 0 Å². The average Bonchev–Trinajstić information content (AvgIpc) is 2.46. The van der Waals surface area contributed by atoms with Crippen molar-refractivity contribution in [2.75, 3.05) is 0 Å². The highest BCUT2D eigenvalue weighted by Crippen LogP contribution is 2.34. The lowest BCUT2D eigenvalue weighted by molar-refractivity contribution is 0.483. The number of thiophene rings is 1. The van der Waals surface area contributed by atoms with Crippen LogP contribution in [0.3, 0.4) is 0 Å². The van der Waals surface area contributed by atoms with Crippen LogP contribution in [0.15, 0.2) is 17.5 Å². The van der Waals surface area contributed by atoms with Gasteiger partial charge in [0.1, 0.15) is 5.75 Å². The Kier molecular flexibility index (Phi) is 2.67. The molecule has 4 heteroatoms. The van der Waals surface area contributed by atoms with Crippen LogP contribution in [0.5, 0.6) is 5.75 Å². The highest BCUT2D eigenvalue weighted by Gasteiger charge is 2.06. The molecular formula is C9H6ClIOS. The van der Waals surface area contributed by atoms with E-state index >= 15 is 0 Å². The standard InChI is InChI=1S/C9H6ClIOS/c10-3-5-1-6-8(12)4-13-9(6)2-7(5)11/h1-2,4,12H,3H2. The number of alkyl halides is 1. The Hall–Kier alpha value is -0.0000000000000000555. The molecule has 1 nitrogen and oxygen atoms in total. The first-order chi connectivity index (χ1) is 6.22. The minimum Gasteiger partial charge on any atom is -0.506 e. The van der Waals surface area contributed by atoms with Crippen molar-refractivity contribution in [1.29, 1.82) is 0 Å². The van der Waals surface area contributed by atoms with Gasteiger partial charge in [0, 0.05) is 24.9 Å². The topological polar surface area (TPSA) is 20.2 Å². The zero-order valence-corrected chi connectivity index (χ0v) is 10.3. The summed E-state index contributed by atoms with van der Waals surface area (Å²) in [5, 5.41) is 12.1. The average molecular weight is 325 g/mol. The summed E-state index contributed by atoms with van der Waals surface area (Å²) >= 11 is 9.58. The molecule has 1 N–H and O–H groups in total. The second-order valence-corrected chi connectivity index (χ2v) is 5.04. The van der Waals surface area contributed by atoms with Crippen LogP contribution >= 0.6 is 45.5 Å². The van der Waals surface area contributed by atoms with Crippen molar-refractivity contribution in [3.63, 3.8) is 0 Å². The predicted molar refractivity (Wildman–Crippen MR) is 65.8 cm³/mol. The summed E-state index contributed by atoms with van der Waals surface area (Å²) in [4.78, 5) is 0. The Labute approximate surface area is 98.5 Å². The van der Waals surface area contributed by atoms with Gasteiger partial charge in [0.15, 0.2) is 0 Å². The van der Waals surface area contributed by atoms with Gasteiger partial charge in [0.2, 0.25) is 0 Å². The molecular weight excluding hydrogens is 319 g/mol. The van der Waals surface area contributed by atoms with Gasteiger partial charge in [-0.2, -0.15) is 0 Å². The lowest BCUT2D eigenvalue weighted by Crippen LogP contribution is -1.82. The Balaban J connectivity index is 2.77. The molecule has 1 heterocycles. The van der Waals surface area contributed by atoms with Gasteiger partial charge in [-0.3, -0.25) is 0 Å². The van der Waals surface area contributed by atoms with E-state index in [1.807, 2.05) is 6.07 Å². The zero-order valence-electron chi connectivity index (χ0n) is 6.55. The first kappa shape index (κ1) is 9.55. The molecule has 0 radical (unpaired) electrons. The third-order valence-corrected chi connectivity index (χ3v) is 4.09. The molecule has 0 bridgehead atoms. The molecule has 13 heavy (non-hydrogen) atoms. The van der Waals surface area contributed by atoms with Gasteiger partial charge in [-0.15, -0.1) is 22.9 Å². The van der Waals surface area contributed by atoms with Crippen LogP contribution in [0.2, 0.25) is 0 Å². The number of rotatable bonds is 1. The fraction of sp³-hybridized carbons (Fsp3) is 0.111. The number of aromatic hydroxyl groups is 1. The Morgan fingerprint density at radius 2 is 2.23 bits per heavy atom. The van der Waals surface area contributed by atoms with E-state index in [1.54, 1.807) is 16.7 Å². The fourth-order valence-electron chi connectivity index (χ4n) is 1.18. The quantitative estimate of drug-likeness (QED) is 0.622. The first-order valence-corrected chi connectivity index (χ1v) is 6.16. The largest absolute Gasteiger partial charge is 0.506 e. The van der Waals surface area contributed by atoms with E-state index in [4.69, 9.17) is 11.6 Å². The molecule has 1 aromatic carbocycles. The molecule has 0 aliphatic heterocycles. The monoisotopic (exact) mass is 324 g/mol. The van der Waals surface area contributed by atoms with Crippen molar-refractivity contribution in [3.05, 3.63) is 26.6 Å². The fourth-order valence-corrected chi connectivity index (χ4v) is 3.34. The van der Waals surface area contributed by atoms with E-state index in [0.717, 1.165) is 19.2 Å². The third kappa shape index (κ3) is 1.65. The van der Waals surface area contributed by atoms with Crippen molar-refractivity contribution in [3.8, 4) is 5.75 Å². The van der Waals surface area contributed by atoms with E-state index < -0.39 is 0 Å². The number of hydrogen-bond donors (Lipinski definition) is 1. The summed E-state index contributed by atoms with van der Waals surface area (Å²) in [6.45, 7) is 0. The van der Waals surface area contributed by atoms with Crippen LogP contribution in [0.4, 0.5) is 0 Å². The van der Waals surface area contributed by atoms with Crippen molar-refractivity contribution >= 4 is 55.6 Å². The van der Waals surface area contributed by atoms with Gasteiger partial charge in [0.05, 0.1) is 0 Å². The summed E-state index contributed by atoms with van der Waals surface area (Å²) in [7, 11) is 0. The second-order valence-electron chi connectivity index (χ2n) is 2.69. The van der Waals surface area contributed by atoms with Crippen molar-refractivity contribution in [2.45, 2.75) is 5.88 Å². The molecule has 0 amide bonds. The number of fused-ring (bicyclic) bond motifs is 1. The predicted octanol–water partition coefficient (Wildman–Crippen LogP) is 3.95. The molecule has 0 spiro atoms. The Bertz CT molecular complexity index is 452. The molecule has 68 valence electrons. The van der Waals surface area contributed by atoms with Crippen LogP contribution in [-0.2, 0) is 5.88 Å². The van der Waals surface area contributed by atoms with Gasteiger partial charge < -0.3 is 5.11 Å². The molecule has 0 aliphatic rings. The lowest BCUT2D eigenvalue weighted by Gasteiger charge is -2.00. The minimum atomic E-state index is 0.350. The van der Waals surface area contributed by atoms with Gasteiger partial charge >= 0.3 is 0 Å². The summed E-state index contributed by atoms with van der Waals surface area (Å²) < 4.78 is 2.26. The molecule has 2 rings (SSSR count). The Morgan fingerprint density at radius 3 is 2.92 bits per heavy atom. The van der Waals surface area contributed by atoms with Gasteiger partial charge in [-0.1, -0.05) is 0 Å². The molecule has 0 fully saturated rings. The van der Waals surface area contributed by atoms with Crippen LogP contribution in [0.25, 0.3) is 10.1 Å². The smallest absolute Gasteiger partial charge is 0.134 e. The van der Waals surface area contributed by atoms with E-state index in [0.29, 0.717) is 11.6 Å². The van der Waals surface area contributed by atoms with Crippen molar-refractivity contribution < 1.29 is 5.11 Å². The molecule has 1 aromatic heterocycles. The summed E-state index contributed by atoms with van der Waals surface area (Å²) in [6, 6.07) is 4.01. The van der Waals surface area contributed by atoms with E-state index in [9.17, 15) is 5.11 Å². The zero-order chi connectivity index (χ0) is 9.42. The molecule has 0 atom stereocenters. The van der Waals surface area contributed by atoms with E-state index in [2.05, 4.69) is 28.7 Å². The number of hydrogen-bond acceptors (Lipinski definition) is 2. The van der Waals surface area contributed by atoms with Gasteiger partial charge in [0.25, 0.3) is 0 Å². The van der Waals surface area contributed by atoms with Crippen LogP contribution in [-0.4, -0.2) is 5.11 Å². The maximum absolute atomic E-state index is 9.49. The maximum atomic E-state index is 9.49. The van der Waals surface area contributed by atoms with Gasteiger partial charge in [-0.05, 0) is 40.3 Å². The minimum absolute atomic E-state index is 0.350. The first-order valence-electron chi connectivity index (χ1n) is 3.67. The maximum Gasteiger partial charge on any atom is 0.134 e. The van der Waals surface area contributed by atoms with E-state index in [-0.39, 0.29) is 0 Å². The summed E-state index contributed by atoms with van der Waals surface area (Å²) in [5.74, 6) is 0.839.